The van der Waals surface area contributed by atoms with Crippen LogP contribution in [-0.4, -0.2) is 91.2 Å². The molecular formula is C32H45ClF3N5O4. The third-order valence-electron chi connectivity index (χ3n) is 8.85. The maximum Gasteiger partial charge on any atom is 0.403 e. The van der Waals surface area contributed by atoms with Crippen LogP contribution in [0.1, 0.15) is 65.4 Å². The monoisotopic (exact) mass is 655 g/mol. The molecular weight excluding hydrogens is 611 g/mol. The van der Waals surface area contributed by atoms with Crippen molar-refractivity contribution in [1.82, 2.24) is 15.1 Å². The van der Waals surface area contributed by atoms with Crippen molar-refractivity contribution in [1.29, 1.82) is 5.26 Å². The van der Waals surface area contributed by atoms with Gasteiger partial charge in [-0.15, -0.1) is 0 Å². The van der Waals surface area contributed by atoms with Crippen LogP contribution in [0, 0.1) is 29.6 Å². The lowest BCUT2D eigenvalue weighted by Crippen LogP contribution is -2.53. The van der Waals surface area contributed by atoms with Crippen LogP contribution in [0.25, 0.3) is 0 Å². The molecule has 2 heterocycles. The lowest BCUT2D eigenvalue weighted by Gasteiger charge is -2.43. The molecule has 1 N–H and O–H groups in total. The summed E-state index contributed by atoms with van der Waals surface area (Å²) in [6.07, 6.45) is -3.60. The highest BCUT2D eigenvalue weighted by Crippen LogP contribution is 2.59. The van der Waals surface area contributed by atoms with Gasteiger partial charge in [-0.25, -0.2) is 0 Å². The summed E-state index contributed by atoms with van der Waals surface area (Å²) in [6, 6.07) is 7.47. The number of anilines is 1. The second-order valence-corrected chi connectivity index (χ2v) is 13.6. The minimum Gasteiger partial charge on any atom is -0.369 e. The number of hydrogen-bond donors (Lipinski definition) is 1. The molecule has 1 aromatic carbocycles. The number of nitriles is 1. The number of likely N-dealkylation sites (tertiary alicyclic amines) is 1. The van der Waals surface area contributed by atoms with Crippen molar-refractivity contribution in [2.24, 2.45) is 11.3 Å². The molecule has 2 amide bonds. The molecule has 1 unspecified atom stereocenters. The highest BCUT2D eigenvalue weighted by molar-refractivity contribution is 6.31. The average Bonchev–Trinajstić information content (AvgIpc) is 3.93. The quantitative estimate of drug-likeness (QED) is 0.489. The normalized spacial score (nSPS) is 23.0. The molecule has 250 valence electrons. The minimum atomic E-state index is -4.58. The number of benzene rings is 1. The number of aryl methyl sites for hydroxylation is 1. The Kier molecular flexibility index (Phi) is 12.6. The first-order chi connectivity index (χ1) is 21.0. The highest BCUT2D eigenvalue weighted by atomic mass is 35.5. The van der Waals surface area contributed by atoms with E-state index in [1.807, 2.05) is 26.6 Å². The molecule has 0 bridgehead atoms. The zero-order valence-corrected chi connectivity index (χ0v) is 27.6. The number of carbonyl (C=O) groups excluding carboxylic acids is 4. The fourth-order valence-corrected chi connectivity index (χ4v) is 5.84. The summed E-state index contributed by atoms with van der Waals surface area (Å²) in [6.45, 7) is 19.2. The van der Waals surface area contributed by atoms with Gasteiger partial charge in [0.1, 0.15) is 30.6 Å². The Balaban J connectivity index is 0.000000289. The smallest absolute Gasteiger partial charge is 0.369 e. The second kappa shape index (κ2) is 14.9. The van der Waals surface area contributed by atoms with Crippen molar-refractivity contribution >= 4 is 42.7 Å². The number of halogens is 4. The molecule has 2 atom stereocenters. The third kappa shape index (κ3) is 8.97. The molecule has 1 aromatic rings. The number of piperazine rings is 1. The van der Waals surface area contributed by atoms with Crippen molar-refractivity contribution in [3.05, 3.63) is 28.8 Å². The summed E-state index contributed by atoms with van der Waals surface area (Å²) in [4.78, 5) is 46.9. The largest absolute Gasteiger partial charge is 0.403 e. The Labute approximate surface area is 269 Å². The van der Waals surface area contributed by atoms with Gasteiger partial charge in [0.05, 0.1) is 6.07 Å². The lowest BCUT2D eigenvalue weighted by atomic mass is 10.0. The summed E-state index contributed by atoms with van der Waals surface area (Å²) in [5, 5.41) is 12.5. The first-order valence-electron chi connectivity index (χ1n) is 15.0. The maximum absolute atomic E-state index is 13.2. The predicted octanol–water partition coefficient (Wildman–Crippen LogP) is 4.94. The van der Waals surface area contributed by atoms with Crippen LogP contribution in [0.15, 0.2) is 18.2 Å². The van der Waals surface area contributed by atoms with E-state index in [2.05, 4.69) is 54.1 Å². The molecule has 2 aliphatic heterocycles. The second-order valence-electron chi connectivity index (χ2n) is 13.2. The first-order valence-corrected chi connectivity index (χ1v) is 15.3. The fourth-order valence-electron chi connectivity index (χ4n) is 5.66. The summed E-state index contributed by atoms with van der Waals surface area (Å²) < 4.78 is 39.5. The highest BCUT2D eigenvalue weighted by Gasteiger charge is 2.70. The lowest BCUT2D eigenvalue weighted by molar-refractivity contribution is -0.199. The van der Waals surface area contributed by atoms with Gasteiger partial charge in [-0.2, -0.15) is 18.4 Å². The van der Waals surface area contributed by atoms with E-state index in [-0.39, 0.29) is 30.8 Å². The van der Waals surface area contributed by atoms with Crippen LogP contribution in [0.2, 0.25) is 5.02 Å². The Morgan fingerprint density at radius 2 is 1.58 bits per heavy atom. The van der Waals surface area contributed by atoms with E-state index in [9.17, 15) is 22.8 Å². The Hall–Kier alpha value is -3.17. The Morgan fingerprint density at radius 1 is 1.02 bits per heavy atom. The SMILES string of the molecule is C=O.C=O.CC1C[C@@H](C(=O)NC2(C#N)CC2)N(C(=O)C2(C(F)(F)F)CC2)C1.Cc1ccc(N2CCN(C(C)(C)C)CC2)cc1Cl. The predicted molar refractivity (Wildman–Crippen MR) is 167 cm³/mol. The van der Waals surface area contributed by atoms with E-state index >= 15 is 0 Å². The van der Waals surface area contributed by atoms with Crippen LogP contribution in [0.5, 0.6) is 0 Å². The number of rotatable bonds is 4. The van der Waals surface area contributed by atoms with Crippen LogP contribution >= 0.6 is 11.6 Å². The minimum absolute atomic E-state index is 0.0454. The van der Waals surface area contributed by atoms with Gasteiger partial charge in [-0.1, -0.05) is 24.6 Å². The van der Waals surface area contributed by atoms with Crippen molar-refractivity contribution in [2.75, 3.05) is 37.6 Å². The van der Waals surface area contributed by atoms with E-state index < -0.39 is 35.0 Å². The molecule has 0 aromatic heterocycles. The van der Waals surface area contributed by atoms with E-state index in [0.717, 1.165) is 41.7 Å². The van der Waals surface area contributed by atoms with Crippen LogP contribution in [0.3, 0.4) is 0 Å². The summed E-state index contributed by atoms with van der Waals surface area (Å²) in [5.74, 6) is -1.55. The van der Waals surface area contributed by atoms with Crippen LogP contribution < -0.4 is 10.2 Å². The van der Waals surface area contributed by atoms with Crippen LogP contribution in [-0.2, 0) is 19.2 Å². The fraction of sp³-hybridized carbons (Fsp3) is 0.656. The van der Waals surface area contributed by atoms with Gasteiger partial charge in [0.25, 0.3) is 0 Å². The first kappa shape index (κ1) is 38.0. The summed E-state index contributed by atoms with van der Waals surface area (Å²) in [5.41, 5.74) is -0.522. The van der Waals surface area contributed by atoms with Crippen molar-refractivity contribution < 1.29 is 32.3 Å². The van der Waals surface area contributed by atoms with Crippen molar-refractivity contribution in [2.45, 2.75) is 90.0 Å². The standard InChI is InChI=1S/C15H23ClN2.C15H18F3N3O2.2CH2O/c1-12-5-6-13(11-14(12)16)17-7-9-18(10-8-17)15(2,3)4;1-9-6-10(11(22)20-13(8-19)2-3-13)21(7-9)12(23)14(4-5-14)15(16,17)18;2*1-2/h5-6,11H,7-10H2,1-4H3;9-10H,2-7H2,1H3,(H,20,22);2*1H2/t;9?,10-;;/m.0../s1. The number of nitrogens with one attached hydrogen (secondary N) is 1. The number of hydrogen-bond acceptors (Lipinski definition) is 7. The van der Waals surface area contributed by atoms with Gasteiger partial charge in [0, 0.05) is 49.0 Å². The van der Waals surface area contributed by atoms with Gasteiger partial charge in [0.2, 0.25) is 11.8 Å². The molecule has 5 rings (SSSR count). The van der Waals surface area contributed by atoms with Gasteiger partial charge >= 0.3 is 6.18 Å². The van der Waals surface area contributed by atoms with E-state index in [0.29, 0.717) is 19.3 Å². The Bertz CT molecular complexity index is 1230. The molecule has 2 saturated heterocycles. The molecule has 0 radical (unpaired) electrons. The molecule has 4 aliphatic rings. The number of alkyl halides is 3. The van der Waals surface area contributed by atoms with Gasteiger partial charge in [-0.05, 0) is 83.4 Å². The number of amides is 2. The zero-order chi connectivity index (χ0) is 34.4. The molecule has 13 heteroatoms. The topological polar surface area (TPSA) is 114 Å². The molecule has 9 nitrogen and oxygen atoms in total. The maximum atomic E-state index is 13.2. The van der Waals surface area contributed by atoms with Crippen LogP contribution in [0.4, 0.5) is 18.9 Å². The van der Waals surface area contributed by atoms with E-state index in [1.54, 1.807) is 6.92 Å². The van der Waals surface area contributed by atoms with Gasteiger partial charge in [-0.3, -0.25) is 14.5 Å². The average molecular weight is 656 g/mol. The van der Waals surface area contributed by atoms with Gasteiger partial charge in [0.15, 0.2) is 0 Å². The van der Waals surface area contributed by atoms with Crippen molar-refractivity contribution in [3.63, 3.8) is 0 Å². The molecule has 2 aliphatic carbocycles. The Morgan fingerprint density at radius 3 is 2.00 bits per heavy atom. The molecule has 4 fully saturated rings. The zero-order valence-electron chi connectivity index (χ0n) is 26.8. The molecule has 0 spiro atoms. The number of carbonyl (C=O) groups is 4. The molecule has 2 saturated carbocycles. The number of nitrogens with zero attached hydrogens (tertiary/aromatic N) is 4. The van der Waals surface area contributed by atoms with E-state index in [4.69, 9.17) is 26.5 Å². The van der Waals surface area contributed by atoms with E-state index in [1.165, 1.54) is 5.69 Å². The molecule has 45 heavy (non-hydrogen) atoms. The summed E-state index contributed by atoms with van der Waals surface area (Å²) >= 11 is 6.20. The van der Waals surface area contributed by atoms with Gasteiger partial charge < -0.3 is 24.7 Å². The summed E-state index contributed by atoms with van der Waals surface area (Å²) in [7, 11) is 0. The van der Waals surface area contributed by atoms with Crippen molar-refractivity contribution in [3.8, 4) is 6.07 Å². The third-order valence-corrected chi connectivity index (χ3v) is 9.26.